The van der Waals surface area contributed by atoms with E-state index in [9.17, 15) is 9.18 Å². The maximum atomic E-state index is 12.6. The highest BCUT2D eigenvalue weighted by Crippen LogP contribution is 2.24. The minimum atomic E-state index is -0.499. The number of halogens is 1. The molecule has 2 rings (SSSR count). The number of carbonyl (C=O) groups excluding carboxylic acids is 1. The fourth-order valence-corrected chi connectivity index (χ4v) is 1.89. The van der Waals surface area contributed by atoms with Crippen molar-refractivity contribution in [2.45, 2.75) is 0 Å². The standard InChI is InChI=1S/C10H7FN2OS/c11-7-3-1-6(2-4-7)10-13-5-8(15-10)9(12)14/h1-5H,(H2,12,14). The van der Waals surface area contributed by atoms with Crippen molar-refractivity contribution in [1.82, 2.24) is 4.98 Å². The van der Waals surface area contributed by atoms with E-state index in [1.165, 1.54) is 29.7 Å². The van der Waals surface area contributed by atoms with Crippen LogP contribution in [0.1, 0.15) is 9.67 Å². The third kappa shape index (κ3) is 2.02. The Balaban J connectivity index is 2.37. The molecule has 1 amide bonds. The number of primary amides is 1. The third-order valence-electron chi connectivity index (χ3n) is 1.84. The fourth-order valence-electron chi connectivity index (χ4n) is 1.11. The first-order chi connectivity index (χ1) is 7.16. The lowest BCUT2D eigenvalue weighted by Gasteiger charge is -1.94. The molecule has 3 nitrogen and oxygen atoms in total. The maximum absolute atomic E-state index is 12.6. The van der Waals surface area contributed by atoms with Gasteiger partial charge in [0.05, 0.1) is 6.20 Å². The first-order valence-electron chi connectivity index (χ1n) is 4.18. The van der Waals surface area contributed by atoms with E-state index in [2.05, 4.69) is 4.98 Å². The summed E-state index contributed by atoms with van der Waals surface area (Å²) in [6.45, 7) is 0. The first-order valence-corrected chi connectivity index (χ1v) is 5.00. The molecule has 1 aromatic carbocycles. The molecule has 0 saturated carbocycles. The third-order valence-corrected chi connectivity index (χ3v) is 2.90. The molecule has 0 aliphatic carbocycles. The molecule has 0 spiro atoms. The molecule has 2 N–H and O–H groups in total. The van der Waals surface area contributed by atoms with Gasteiger partial charge in [-0.1, -0.05) is 0 Å². The Morgan fingerprint density at radius 3 is 2.53 bits per heavy atom. The van der Waals surface area contributed by atoms with Crippen LogP contribution < -0.4 is 5.73 Å². The zero-order valence-corrected chi connectivity index (χ0v) is 8.42. The first kappa shape index (κ1) is 9.79. The van der Waals surface area contributed by atoms with E-state index >= 15 is 0 Å². The summed E-state index contributed by atoms with van der Waals surface area (Å²) in [5.74, 6) is -0.800. The molecule has 0 aliphatic heterocycles. The number of carbonyl (C=O) groups is 1. The van der Waals surface area contributed by atoms with Gasteiger partial charge in [-0.3, -0.25) is 4.79 Å². The highest BCUT2D eigenvalue weighted by atomic mass is 32.1. The van der Waals surface area contributed by atoms with Gasteiger partial charge in [0.15, 0.2) is 0 Å². The summed E-state index contributed by atoms with van der Waals surface area (Å²) < 4.78 is 12.6. The smallest absolute Gasteiger partial charge is 0.260 e. The van der Waals surface area contributed by atoms with Gasteiger partial charge in [0, 0.05) is 5.56 Å². The van der Waals surface area contributed by atoms with E-state index < -0.39 is 5.91 Å². The van der Waals surface area contributed by atoms with Crippen LogP contribution in [0.25, 0.3) is 10.6 Å². The van der Waals surface area contributed by atoms with Gasteiger partial charge >= 0.3 is 0 Å². The Morgan fingerprint density at radius 2 is 2.00 bits per heavy atom. The number of benzene rings is 1. The van der Waals surface area contributed by atoms with Crippen molar-refractivity contribution in [2.24, 2.45) is 5.73 Å². The van der Waals surface area contributed by atoms with Crippen LogP contribution in [0.5, 0.6) is 0 Å². The average Bonchev–Trinajstić information content (AvgIpc) is 2.68. The number of aromatic nitrogens is 1. The second kappa shape index (κ2) is 3.78. The quantitative estimate of drug-likeness (QED) is 0.845. The van der Waals surface area contributed by atoms with Crippen LogP contribution in [0.3, 0.4) is 0 Å². The van der Waals surface area contributed by atoms with Gasteiger partial charge in [-0.2, -0.15) is 0 Å². The molecule has 0 aliphatic rings. The summed E-state index contributed by atoms with van der Waals surface area (Å²) in [6.07, 6.45) is 1.42. The fraction of sp³-hybridized carbons (Fsp3) is 0. The lowest BCUT2D eigenvalue weighted by Crippen LogP contribution is -2.08. The van der Waals surface area contributed by atoms with Crippen molar-refractivity contribution < 1.29 is 9.18 Å². The highest BCUT2D eigenvalue weighted by molar-refractivity contribution is 7.16. The van der Waals surface area contributed by atoms with E-state index in [-0.39, 0.29) is 5.82 Å². The molecule has 15 heavy (non-hydrogen) atoms. The molecule has 0 fully saturated rings. The summed E-state index contributed by atoms with van der Waals surface area (Å²) in [5, 5.41) is 0.656. The average molecular weight is 222 g/mol. The van der Waals surface area contributed by atoms with E-state index in [1.807, 2.05) is 0 Å². The predicted molar refractivity (Wildman–Crippen MR) is 56.0 cm³/mol. The van der Waals surface area contributed by atoms with Gasteiger partial charge in [-0.05, 0) is 24.3 Å². The molecule has 0 bridgehead atoms. The second-order valence-corrected chi connectivity index (χ2v) is 3.93. The van der Waals surface area contributed by atoms with Crippen LogP contribution in [-0.2, 0) is 0 Å². The Morgan fingerprint density at radius 1 is 1.33 bits per heavy atom. The number of rotatable bonds is 2. The lowest BCUT2D eigenvalue weighted by molar-refractivity contribution is 0.100. The van der Waals surface area contributed by atoms with Gasteiger partial charge in [0.1, 0.15) is 15.7 Å². The molecule has 5 heteroatoms. The van der Waals surface area contributed by atoms with E-state index in [4.69, 9.17) is 5.73 Å². The second-order valence-electron chi connectivity index (χ2n) is 2.90. The van der Waals surface area contributed by atoms with Crippen LogP contribution in [0.15, 0.2) is 30.5 Å². The van der Waals surface area contributed by atoms with Gasteiger partial charge < -0.3 is 5.73 Å². The number of nitrogens with zero attached hydrogens (tertiary/aromatic N) is 1. The van der Waals surface area contributed by atoms with Crippen molar-refractivity contribution in [3.05, 3.63) is 41.2 Å². The van der Waals surface area contributed by atoms with E-state index in [0.717, 1.165) is 5.56 Å². The summed E-state index contributed by atoms with van der Waals surface area (Å²) in [4.78, 5) is 15.3. The van der Waals surface area contributed by atoms with Crippen molar-refractivity contribution in [3.8, 4) is 10.6 Å². The van der Waals surface area contributed by atoms with Crippen LogP contribution in [0, 0.1) is 5.82 Å². The SMILES string of the molecule is NC(=O)c1cnc(-c2ccc(F)cc2)s1. The Kier molecular flexibility index (Phi) is 2.47. The van der Waals surface area contributed by atoms with Crippen LogP contribution in [-0.4, -0.2) is 10.9 Å². The minimum absolute atomic E-state index is 0.301. The zero-order valence-electron chi connectivity index (χ0n) is 7.61. The molecule has 76 valence electrons. The normalized spacial score (nSPS) is 10.2. The number of hydrogen-bond acceptors (Lipinski definition) is 3. The van der Waals surface area contributed by atoms with Gasteiger partial charge in [0.2, 0.25) is 0 Å². The van der Waals surface area contributed by atoms with E-state index in [0.29, 0.717) is 9.88 Å². The largest absolute Gasteiger partial charge is 0.365 e. The van der Waals surface area contributed by atoms with Crippen molar-refractivity contribution >= 4 is 17.2 Å². The maximum Gasteiger partial charge on any atom is 0.260 e. The monoisotopic (exact) mass is 222 g/mol. The lowest BCUT2D eigenvalue weighted by atomic mass is 10.2. The molecule has 0 atom stereocenters. The van der Waals surface area contributed by atoms with Crippen molar-refractivity contribution in [2.75, 3.05) is 0 Å². The number of hydrogen-bond donors (Lipinski definition) is 1. The van der Waals surface area contributed by atoms with Crippen molar-refractivity contribution in [1.29, 1.82) is 0 Å². The Hall–Kier alpha value is -1.75. The summed E-state index contributed by atoms with van der Waals surface area (Å²) in [6, 6.07) is 5.92. The Bertz CT molecular complexity index is 492. The molecule has 1 aromatic heterocycles. The molecule has 0 radical (unpaired) electrons. The molecule has 2 aromatic rings. The molecular formula is C10H7FN2OS. The zero-order chi connectivity index (χ0) is 10.8. The van der Waals surface area contributed by atoms with Gasteiger partial charge in [-0.25, -0.2) is 9.37 Å². The van der Waals surface area contributed by atoms with Gasteiger partial charge in [-0.15, -0.1) is 11.3 Å². The molecule has 0 saturated heterocycles. The number of nitrogens with two attached hydrogens (primary N) is 1. The predicted octanol–water partition coefficient (Wildman–Crippen LogP) is 2.05. The molecular weight excluding hydrogens is 215 g/mol. The van der Waals surface area contributed by atoms with Crippen LogP contribution >= 0.6 is 11.3 Å². The molecule has 0 unspecified atom stereocenters. The highest BCUT2D eigenvalue weighted by Gasteiger charge is 2.08. The van der Waals surface area contributed by atoms with E-state index in [1.54, 1.807) is 12.1 Å². The van der Waals surface area contributed by atoms with Crippen LogP contribution in [0.4, 0.5) is 4.39 Å². The summed E-state index contributed by atoms with van der Waals surface area (Å²) in [5.41, 5.74) is 5.87. The Labute approximate surface area is 89.4 Å². The van der Waals surface area contributed by atoms with Crippen molar-refractivity contribution in [3.63, 3.8) is 0 Å². The van der Waals surface area contributed by atoms with Crippen LogP contribution in [0.2, 0.25) is 0 Å². The topological polar surface area (TPSA) is 56.0 Å². The number of amides is 1. The summed E-state index contributed by atoms with van der Waals surface area (Å²) in [7, 11) is 0. The number of thiazole rings is 1. The van der Waals surface area contributed by atoms with Gasteiger partial charge in [0.25, 0.3) is 5.91 Å². The minimum Gasteiger partial charge on any atom is -0.365 e. The molecule has 1 heterocycles. The summed E-state index contributed by atoms with van der Waals surface area (Å²) >= 11 is 1.19.